The first-order valence-corrected chi connectivity index (χ1v) is 10.1. The van der Waals surface area contributed by atoms with E-state index in [4.69, 9.17) is 12.2 Å². The minimum Gasteiger partial charge on any atom is -0.545 e. The van der Waals surface area contributed by atoms with Crippen molar-refractivity contribution >= 4 is 57.8 Å². The van der Waals surface area contributed by atoms with E-state index < -0.39 is 5.97 Å². The molecule has 2 amide bonds. The summed E-state index contributed by atoms with van der Waals surface area (Å²) < 4.78 is 0. The molecule has 0 unspecified atom stereocenters. The van der Waals surface area contributed by atoms with Gasteiger partial charge in [-0.3, -0.25) is 14.5 Å². The molecule has 6 nitrogen and oxygen atoms in total. The first kappa shape index (κ1) is 20.8. The number of benzene rings is 2. The number of carboxylic acid groups (broad SMARTS) is 1. The Hall–Kier alpha value is -2.97. The zero-order valence-corrected chi connectivity index (χ0v) is 16.9. The first-order chi connectivity index (χ1) is 13.9. The SMILES string of the molecule is O=C(CCCN1C(=O)SC(=Cc2ccccc2)C1=S)Nc1ccc(C(=O)[O-])cc1. The summed E-state index contributed by atoms with van der Waals surface area (Å²) in [6.45, 7) is 0.355. The highest BCUT2D eigenvalue weighted by Crippen LogP contribution is 2.33. The first-order valence-electron chi connectivity index (χ1n) is 8.86. The van der Waals surface area contributed by atoms with Gasteiger partial charge in [-0.25, -0.2) is 0 Å². The van der Waals surface area contributed by atoms with Crippen LogP contribution in [0.5, 0.6) is 0 Å². The lowest BCUT2D eigenvalue weighted by atomic mass is 10.2. The van der Waals surface area contributed by atoms with Crippen molar-refractivity contribution in [2.75, 3.05) is 11.9 Å². The van der Waals surface area contributed by atoms with Gasteiger partial charge in [0.05, 0.1) is 10.9 Å². The lowest BCUT2D eigenvalue weighted by molar-refractivity contribution is -0.255. The Morgan fingerprint density at radius 2 is 1.79 bits per heavy atom. The Bertz CT molecular complexity index is 972. The molecule has 148 valence electrons. The van der Waals surface area contributed by atoms with Gasteiger partial charge in [-0.15, -0.1) is 0 Å². The maximum absolute atomic E-state index is 12.2. The molecule has 8 heteroatoms. The van der Waals surface area contributed by atoms with Gasteiger partial charge in [-0.05, 0) is 47.5 Å². The van der Waals surface area contributed by atoms with Crippen molar-refractivity contribution in [1.82, 2.24) is 4.90 Å². The summed E-state index contributed by atoms with van der Waals surface area (Å²) in [7, 11) is 0. The number of nitrogens with zero attached hydrogens (tertiary/aromatic N) is 1. The molecule has 0 spiro atoms. The van der Waals surface area contributed by atoms with Gasteiger partial charge in [-0.2, -0.15) is 0 Å². The number of thioether (sulfide) groups is 1. The second-order valence-electron chi connectivity index (χ2n) is 6.26. The highest BCUT2D eigenvalue weighted by atomic mass is 32.2. The van der Waals surface area contributed by atoms with Crippen molar-refractivity contribution in [1.29, 1.82) is 0 Å². The number of hydrogen-bond donors (Lipinski definition) is 1. The molecule has 3 rings (SSSR count). The third kappa shape index (κ3) is 5.52. The van der Waals surface area contributed by atoms with Crippen LogP contribution in [0.4, 0.5) is 10.5 Å². The van der Waals surface area contributed by atoms with E-state index in [1.54, 1.807) is 0 Å². The molecule has 29 heavy (non-hydrogen) atoms. The predicted octanol–water partition coefficient (Wildman–Crippen LogP) is 3.31. The number of carboxylic acids is 1. The Balaban J connectivity index is 1.50. The summed E-state index contributed by atoms with van der Waals surface area (Å²) in [5.74, 6) is -1.50. The van der Waals surface area contributed by atoms with Crippen LogP contribution in [0.25, 0.3) is 6.08 Å². The van der Waals surface area contributed by atoms with E-state index in [1.807, 2.05) is 36.4 Å². The van der Waals surface area contributed by atoms with E-state index in [-0.39, 0.29) is 23.1 Å². The van der Waals surface area contributed by atoms with Crippen molar-refractivity contribution in [3.63, 3.8) is 0 Å². The smallest absolute Gasteiger partial charge is 0.291 e. The second kappa shape index (κ2) is 9.49. The van der Waals surface area contributed by atoms with Gasteiger partial charge in [0.15, 0.2) is 0 Å². The third-order valence-corrected chi connectivity index (χ3v) is 5.66. The Morgan fingerprint density at radius 3 is 2.45 bits per heavy atom. The molecule has 1 fully saturated rings. The fourth-order valence-electron chi connectivity index (χ4n) is 2.70. The van der Waals surface area contributed by atoms with E-state index >= 15 is 0 Å². The highest BCUT2D eigenvalue weighted by molar-refractivity contribution is 8.19. The third-order valence-electron chi connectivity index (χ3n) is 4.16. The summed E-state index contributed by atoms with van der Waals surface area (Å²) in [6, 6.07) is 15.4. The molecule has 1 saturated heterocycles. The van der Waals surface area contributed by atoms with Gasteiger partial charge >= 0.3 is 0 Å². The minimum atomic E-state index is -1.27. The van der Waals surface area contributed by atoms with Crippen LogP contribution >= 0.6 is 24.0 Å². The number of carbonyl (C=O) groups excluding carboxylic acids is 3. The topological polar surface area (TPSA) is 89.5 Å². The van der Waals surface area contributed by atoms with Crippen LogP contribution in [0, 0.1) is 0 Å². The van der Waals surface area contributed by atoms with Gasteiger partial charge in [0, 0.05) is 18.7 Å². The van der Waals surface area contributed by atoms with E-state index in [2.05, 4.69) is 5.32 Å². The summed E-state index contributed by atoms with van der Waals surface area (Å²) in [4.78, 5) is 37.8. The van der Waals surface area contributed by atoms with E-state index in [9.17, 15) is 19.5 Å². The van der Waals surface area contributed by atoms with Crippen LogP contribution in [0.15, 0.2) is 59.5 Å². The summed E-state index contributed by atoms with van der Waals surface area (Å²) in [5, 5.41) is 13.3. The zero-order chi connectivity index (χ0) is 20.8. The quantitative estimate of drug-likeness (QED) is 0.541. The van der Waals surface area contributed by atoms with Crippen LogP contribution in [0.3, 0.4) is 0 Å². The van der Waals surface area contributed by atoms with Gasteiger partial charge in [0.25, 0.3) is 5.24 Å². The lowest BCUT2D eigenvalue weighted by Gasteiger charge is -2.14. The van der Waals surface area contributed by atoms with Crippen LogP contribution in [-0.2, 0) is 4.79 Å². The monoisotopic (exact) mass is 425 g/mol. The molecule has 0 aliphatic carbocycles. The number of aromatic carboxylic acids is 1. The Labute approximate surface area is 177 Å². The fourth-order valence-corrected chi connectivity index (χ4v) is 3.99. The maximum atomic E-state index is 12.2. The molecule has 2 aromatic carbocycles. The minimum absolute atomic E-state index is 0.0425. The van der Waals surface area contributed by atoms with Crippen molar-refractivity contribution in [3.05, 3.63) is 70.6 Å². The van der Waals surface area contributed by atoms with Crippen molar-refractivity contribution < 1.29 is 19.5 Å². The molecule has 1 aliphatic rings. The molecular weight excluding hydrogens is 408 g/mol. The Morgan fingerprint density at radius 1 is 1.10 bits per heavy atom. The summed E-state index contributed by atoms with van der Waals surface area (Å²) in [6.07, 6.45) is 2.54. The van der Waals surface area contributed by atoms with E-state index in [1.165, 1.54) is 29.2 Å². The molecule has 0 atom stereocenters. The summed E-state index contributed by atoms with van der Waals surface area (Å²) >= 11 is 6.51. The van der Waals surface area contributed by atoms with Crippen LogP contribution in [-0.4, -0.2) is 33.5 Å². The molecule has 2 aromatic rings. The molecule has 0 saturated carbocycles. The average Bonchev–Trinajstić information content (AvgIpc) is 2.96. The van der Waals surface area contributed by atoms with Crippen molar-refractivity contribution in [3.8, 4) is 0 Å². The van der Waals surface area contributed by atoms with Gasteiger partial charge in [-0.1, -0.05) is 54.7 Å². The fraction of sp³-hybridized carbons (Fsp3) is 0.143. The highest BCUT2D eigenvalue weighted by Gasteiger charge is 2.31. The molecular formula is C21H17N2O4S2-. The number of carbonyl (C=O) groups is 3. The largest absolute Gasteiger partial charge is 0.545 e. The zero-order valence-electron chi connectivity index (χ0n) is 15.3. The molecule has 0 bridgehead atoms. The van der Waals surface area contributed by atoms with E-state index in [0.29, 0.717) is 23.6 Å². The normalized spacial score (nSPS) is 15.0. The van der Waals surface area contributed by atoms with E-state index in [0.717, 1.165) is 22.2 Å². The average molecular weight is 426 g/mol. The number of nitrogens with one attached hydrogen (secondary N) is 1. The van der Waals surface area contributed by atoms with Gasteiger partial charge in [0.1, 0.15) is 4.99 Å². The van der Waals surface area contributed by atoms with Crippen molar-refractivity contribution in [2.24, 2.45) is 0 Å². The Kier molecular flexibility index (Phi) is 6.79. The van der Waals surface area contributed by atoms with Crippen LogP contribution in [0.2, 0.25) is 0 Å². The predicted molar refractivity (Wildman–Crippen MR) is 115 cm³/mol. The lowest BCUT2D eigenvalue weighted by Crippen LogP contribution is -2.28. The van der Waals surface area contributed by atoms with Crippen LogP contribution in [0.1, 0.15) is 28.8 Å². The standard InChI is InChI=1S/C21H18N2O4S2/c24-18(22-16-10-8-15(9-11-16)20(25)26)7-4-12-23-19(28)17(29-21(23)27)13-14-5-2-1-3-6-14/h1-3,5-6,8-11,13H,4,7,12H2,(H,22,24)(H,25,26)/p-1. The second-order valence-corrected chi connectivity index (χ2v) is 7.64. The molecule has 1 N–H and O–H groups in total. The molecule has 1 aliphatic heterocycles. The van der Waals surface area contributed by atoms with Crippen molar-refractivity contribution in [2.45, 2.75) is 12.8 Å². The van der Waals surface area contributed by atoms with Gasteiger partial charge in [0.2, 0.25) is 5.91 Å². The summed E-state index contributed by atoms with van der Waals surface area (Å²) in [5.41, 5.74) is 1.51. The van der Waals surface area contributed by atoms with Gasteiger partial charge < -0.3 is 15.2 Å². The number of hydrogen-bond acceptors (Lipinski definition) is 6. The van der Waals surface area contributed by atoms with Crippen LogP contribution < -0.4 is 10.4 Å². The number of anilines is 1. The molecule has 1 heterocycles. The molecule has 0 aromatic heterocycles. The number of amides is 2. The molecule has 0 radical (unpaired) electrons. The number of thiocarbonyl (C=S) groups is 1. The maximum Gasteiger partial charge on any atom is 0.291 e. The number of rotatable bonds is 7.